The van der Waals surface area contributed by atoms with Gasteiger partial charge in [-0.1, -0.05) is 24.3 Å². The van der Waals surface area contributed by atoms with Crippen molar-refractivity contribution in [2.75, 3.05) is 0 Å². The van der Waals surface area contributed by atoms with Crippen molar-refractivity contribution in [3.8, 4) is 0 Å². The van der Waals surface area contributed by atoms with Gasteiger partial charge in [0.2, 0.25) is 0 Å². The van der Waals surface area contributed by atoms with Crippen LogP contribution in [0.15, 0.2) is 24.3 Å². The van der Waals surface area contributed by atoms with Crippen molar-refractivity contribution in [1.82, 2.24) is 0 Å². The fourth-order valence-electron chi connectivity index (χ4n) is 1.68. The Hall–Kier alpha value is -1.31. The maximum absolute atomic E-state index is 9.00. The standard InChI is InChI=1S/C10H12.C2H4O2/c1-2-6-10-8-4-3-7-9(10)5-1;1-2(3)4/h1-2,5-6H,3-4,7-8H2;1H3,(H,3,4). The van der Waals surface area contributed by atoms with Gasteiger partial charge < -0.3 is 5.11 Å². The number of hydrogen-bond donors (Lipinski definition) is 1. The maximum atomic E-state index is 9.00. The summed E-state index contributed by atoms with van der Waals surface area (Å²) in [5.41, 5.74) is 3.16. The van der Waals surface area contributed by atoms with Gasteiger partial charge in [0.1, 0.15) is 0 Å². The van der Waals surface area contributed by atoms with Gasteiger partial charge in [0, 0.05) is 6.92 Å². The molecule has 0 saturated heterocycles. The summed E-state index contributed by atoms with van der Waals surface area (Å²) in [6, 6.07) is 8.80. The topological polar surface area (TPSA) is 37.3 Å². The Labute approximate surface area is 84.6 Å². The molecule has 1 aromatic carbocycles. The third-order valence-corrected chi connectivity index (χ3v) is 2.26. The average Bonchev–Trinajstić information content (AvgIpc) is 2.17. The van der Waals surface area contributed by atoms with Gasteiger partial charge in [0.15, 0.2) is 0 Å². The molecule has 0 aliphatic heterocycles. The van der Waals surface area contributed by atoms with Crippen LogP contribution < -0.4 is 0 Å². The molecule has 0 aromatic heterocycles. The molecule has 0 amide bonds. The van der Waals surface area contributed by atoms with Crippen molar-refractivity contribution in [3.05, 3.63) is 35.4 Å². The predicted molar refractivity (Wildman–Crippen MR) is 56.4 cm³/mol. The van der Waals surface area contributed by atoms with E-state index in [1.54, 1.807) is 11.1 Å². The van der Waals surface area contributed by atoms with Crippen LogP contribution >= 0.6 is 0 Å². The molecule has 1 N–H and O–H groups in total. The highest BCUT2D eigenvalue weighted by Crippen LogP contribution is 2.19. The Bertz CT molecular complexity index is 276. The van der Waals surface area contributed by atoms with Gasteiger partial charge in [0.05, 0.1) is 0 Å². The van der Waals surface area contributed by atoms with E-state index in [4.69, 9.17) is 9.90 Å². The van der Waals surface area contributed by atoms with Crippen molar-refractivity contribution in [2.24, 2.45) is 0 Å². The molecular weight excluding hydrogens is 176 g/mol. The second-order valence-corrected chi connectivity index (χ2v) is 3.49. The molecule has 1 aliphatic rings. The molecule has 0 bridgehead atoms. The lowest BCUT2D eigenvalue weighted by Crippen LogP contribution is -2.00. The van der Waals surface area contributed by atoms with E-state index in [1.165, 1.54) is 25.7 Å². The van der Waals surface area contributed by atoms with E-state index in [0.717, 1.165) is 6.92 Å². The zero-order valence-electron chi connectivity index (χ0n) is 8.49. The molecule has 1 aliphatic carbocycles. The molecule has 2 heteroatoms. The number of carboxylic acid groups (broad SMARTS) is 1. The number of aryl methyl sites for hydroxylation is 2. The van der Waals surface area contributed by atoms with E-state index < -0.39 is 5.97 Å². The van der Waals surface area contributed by atoms with E-state index in [-0.39, 0.29) is 0 Å². The second kappa shape index (κ2) is 5.43. The van der Waals surface area contributed by atoms with Crippen molar-refractivity contribution < 1.29 is 9.90 Å². The van der Waals surface area contributed by atoms with Gasteiger partial charge in [0.25, 0.3) is 5.97 Å². The molecule has 0 unspecified atom stereocenters. The van der Waals surface area contributed by atoms with Crippen LogP contribution in [0.2, 0.25) is 0 Å². The third-order valence-electron chi connectivity index (χ3n) is 2.26. The first-order valence-electron chi connectivity index (χ1n) is 4.96. The van der Waals surface area contributed by atoms with Crippen molar-refractivity contribution in [1.29, 1.82) is 0 Å². The largest absolute Gasteiger partial charge is 0.481 e. The van der Waals surface area contributed by atoms with Gasteiger partial charge >= 0.3 is 0 Å². The number of fused-ring (bicyclic) bond motifs is 1. The number of benzene rings is 1. The average molecular weight is 192 g/mol. The van der Waals surface area contributed by atoms with Crippen LogP contribution in [0.5, 0.6) is 0 Å². The van der Waals surface area contributed by atoms with Crippen LogP contribution in [0.25, 0.3) is 0 Å². The Morgan fingerprint density at radius 3 is 1.86 bits per heavy atom. The fourth-order valence-corrected chi connectivity index (χ4v) is 1.68. The number of hydrogen-bond acceptors (Lipinski definition) is 1. The van der Waals surface area contributed by atoms with Crippen molar-refractivity contribution in [2.45, 2.75) is 32.6 Å². The van der Waals surface area contributed by atoms with E-state index >= 15 is 0 Å². The molecule has 0 radical (unpaired) electrons. The summed E-state index contributed by atoms with van der Waals surface area (Å²) in [6.07, 6.45) is 5.38. The molecule has 0 spiro atoms. The van der Waals surface area contributed by atoms with Crippen LogP contribution in [0.3, 0.4) is 0 Å². The molecule has 1 aromatic rings. The first-order valence-corrected chi connectivity index (χ1v) is 4.96. The molecule has 0 atom stereocenters. The molecule has 2 rings (SSSR count). The van der Waals surface area contributed by atoms with Crippen LogP contribution in [0.4, 0.5) is 0 Å². The highest BCUT2D eigenvalue weighted by atomic mass is 16.4. The van der Waals surface area contributed by atoms with Crippen LogP contribution in [-0.4, -0.2) is 11.1 Å². The first kappa shape index (κ1) is 10.8. The summed E-state index contributed by atoms with van der Waals surface area (Å²) in [5.74, 6) is -0.833. The summed E-state index contributed by atoms with van der Waals surface area (Å²) in [7, 11) is 0. The third kappa shape index (κ3) is 3.60. The van der Waals surface area contributed by atoms with Gasteiger partial charge in [-0.15, -0.1) is 0 Å². The molecule has 14 heavy (non-hydrogen) atoms. The Morgan fingerprint density at radius 2 is 1.50 bits per heavy atom. The summed E-state index contributed by atoms with van der Waals surface area (Å²) >= 11 is 0. The van der Waals surface area contributed by atoms with E-state index in [0.29, 0.717) is 0 Å². The summed E-state index contributed by atoms with van der Waals surface area (Å²) in [4.78, 5) is 9.00. The molecule has 0 heterocycles. The molecule has 76 valence electrons. The molecular formula is C12H16O2. The lowest BCUT2D eigenvalue weighted by molar-refractivity contribution is -0.134. The van der Waals surface area contributed by atoms with Gasteiger partial charge in [-0.3, -0.25) is 4.79 Å². The highest BCUT2D eigenvalue weighted by molar-refractivity contribution is 5.62. The predicted octanol–water partition coefficient (Wildman–Crippen LogP) is 2.66. The first-order chi connectivity index (χ1) is 6.70. The normalized spacial score (nSPS) is 13.5. The number of rotatable bonds is 0. The Kier molecular flexibility index (Phi) is 4.17. The van der Waals surface area contributed by atoms with Gasteiger partial charge in [-0.05, 0) is 36.8 Å². The summed E-state index contributed by atoms with van der Waals surface area (Å²) < 4.78 is 0. The smallest absolute Gasteiger partial charge is 0.300 e. The van der Waals surface area contributed by atoms with E-state index in [9.17, 15) is 0 Å². The van der Waals surface area contributed by atoms with Crippen molar-refractivity contribution >= 4 is 5.97 Å². The second-order valence-electron chi connectivity index (χ2n) is 3.49. The molecule has 0 saturated carbocycles. The van der Waals surface area contributed by atoms with Crippen molar-refractivity contribution in [3.63, 3.8) is 0 Å². The maximum Gasteiger partial charge on any atom is 0.300 e. The number of carboxylic acids is 1. The van der Waals surface area contributed by atoms with Crippen LogP contribution in [0, 0.1) is 0 Å². The lowest BCUT2D eigenvalue weighted by Gasteiger charge is -2.13. The van der Waals surface area contributed by atoms with Crippen LogP contribution in [-0.2, 0) is 17.6 Å². The molecule has 0 fully saturated rings. The van der Waals surface area contributed by atoms with E-state index in [2.05, 4.69) is 24.3 Å². The Morgan fingerprint density at radius 1 is 1.14 bits per heavy atom. The van der Waals surface area contributed by atoms with Crippen LogP contribution in [0.1, 0.15) is 30.9 Å². The SMILES string of the molecule is CC(=O)O.c1ccc2c(c1)CCCC2. The highest BCUT2D eigenvalue weighted by Gasteiger charge is 2.05. The quantitative estimate of drug-likeness (QED) is 0.686. The monoisotopic (exact) mass is 192 g/mol. The number of carbonyl (C=O) groups is 1. The zero-order chi connectivity index (χ0) is 10.4. The van der Waals surface area contributed by atoms with E-state index in [1.807, 2.05) is 0 Å². The Balaban J connectivity index is 0.000000213. The minimum atomic E-state index is -0.833. The zero-order valence-corrected chi connectivity index (χ0v) is 8.49. The summed E-state index contributed by atoms with van der Waals surface area (Å²) in [5, 5.41) is 7.42. The fraction of sp³-hybridized carbons (Fsp3) is 0.417. The lowest BCUT2D eigenvalue weighted by atomic mass is 9.92. The van der Waals surface area contributed by atoms with Gasteiger partial charge in [-0.25, -0.2) is 0 Å². The summed E-state index contributed by atoms with van der Waals surface area (Å²) in [6.45, 7) is 1.08. The minimum absolute atomic E-state index is 0.833. The molecule has 2 nitrogen and oxygen atoms in total. The minimum Gasteiger partial charge on any atom is -0.481 e. The van der Waals surface area contributed by atoms with Gasteiger partial charge in [-0.2, -0.15) is 0 Å². The number of aliphatic carboxylic acids is 1.